The Kier molecular flexibility index (Phi) is 4.04. The smallest absolute Gasteiger partial charge is 0.292 e. The summed E-state index contributed by atoms with van der Waals surface area (Å²) >= 11 is 0. The van der Waals surface area contributed by atoms with E-state index in [2.05, 4.69) is 10.6 Å². The Morgan fingerprint density at radius 3 is 2.70 bits per heavy atom. The summed E-state index contributed by atoms with van der Waals surface area (Å²) in [6.45, 7) is 5.41. The lowest BCUT2D eigenvalue weighted by molar-refractivity contribution is -0.383. The number of amides is 1. The van der Waals surface area contributed by atoms with Gasteiger partial charge in [-0.1, -0.05) is 26.0 Å². The number of hydrogen-bond donors (Lipinski definition) is 2. The van der Waals surface area contributed by atoms with Crippen LogP contribution >= 0.6 is 0 Å². The molecule has 108 valence electrons. The van der Waals surface area contributed by atoms with Crippen molar-refractivity contribution in [3.05, 3.63) is 34.4 Å². The Bertz CT molecular complexity index is 522. The first-order valence-electron chi connectivity index (χ1n) is 6.73. The zero-order valence-corrected chi connectivity index (χ0v) is 11.7. The number of hydrogen-bond acceptors (Lipinski definition) is 4. The minimum absolute atomic E-state index is 0.0780. The Hall–Kier alpha value is -1.95. The summed E-state index contributed by atoms with van der Waals surface area (Å²) in [4.78, 5) is 23.1. The van der Waals surface area contributed by atoms with Gasteiger partial charge in [0.2, 0.25) is 5.91 Å². The number of anilines is 1. The van der Waals surface area contributed by atoms with Crippen LogP contribution in [0.2, 0.25) is 0 Å². The van der Waals surface area contributed by atoms with Gasteiger partial charge in [0.05, 0.1) is 10.3 Å². The second kappa shape index (κ2) is 5.58. The van der Waals surface area contributed by atoms with Gasteiger partial charge in [0, 0.05) is 12.6 Å². The van der Waals surface area contributed by atoms with Crippen molar-refractivity contribution in [2.45, 2.75) is 20.3 Å². The van der Waals surface area contributed by atoms with Crippen LogP contribution in [0.4, 0.5) is 11.4 Å². The highest BCUT2D eigenvalue weighted by Gasteiger charge is 2.44. The normalized spacial score (nSPS) is 21.9. The summed E-state index contributed by atoms with van der Waals surface area (Å²) in [6, 6.07) is 6.22. The van der Waals surface area contributed by atoms with Crippen molar-refractivity contribution in [2.75, 3.05) is 18.4 Å². The molecule has 1 aromatic carbocycles. The van der Waals surface area contributed by atoms with Crippen LogP contribution in [0.25, 0.3) is 0 Å². The van der Waals surface area contributed by atoms with Crippen LogP contribution in [0, 0.1) is 21.4 Å². The molecule has 0 aromatic heterocycles. The minimum Gasteiger partial charge on any atom is -0.320 e. The molecule has 1 unspecified atom stereocenters. The Balaban J connectivity index is 2.26. The van der Waals surface area contributed by atoms with E-state index < -0.39 is 10.3 Å². The second-order valence-electron chi connectivity index (χ2n) is 5.47. The number of para-hydroxylation sites is 2. The van der Waals surface area contributed by atoms with Crippen molar-refractivity contribution in [2.24, 2.45) is 11.3 Å². The molecule has 1 atom stereocenters. The first-order chi connectivity index (χ1) is 9.47. The summed E-state index contributed by atoms with van der Waals surface area (Å²) in [7, 11) is 0. The fourth-order valence-electron chi connectivity index (χ4n) is 2.65. The van der Waals surface area contributed by atoms with E-state index in [-0.39, 0.29) is 23.2 Å². The fraction of sp³-hybridized carbons (Fsp3) is 0.500. The molecular formula is C14H19N3O3. The quantitative estimate of drug-likeness (QED) is 0.652. The van der Waals surface area contributed by atoms with Crippen molar-refractivity contribution >= 4 is 17.3 Å². The fourth-order valence-corrected chi connectivity index (χ4v) is 2.65. The Morgan fingerprint density at radius 1 is 1.45 bits per heavy atom. The van der Waals surface area contributed by atoms with Crippen molar-refractivity contribution in [1.29, 1.82) is 0 Å². The summed E-state index contributed by atoms with van der Waals surface area (Å²) < 4.78 is 0. The summed E-state index contributed by atoms with van der Waals surface area (Å²) in [6.07, 6.45) is 0.747. The maximum absolute atomic E-state index is 12.6. The molecule has 20 heavy (non-hydrogen) atoms. The molecule has 1 saturated heterocycles. The van der Waals surface area contributed by atoms with Crippen LogP contribution in [0.5, 0.6) is 0 Å². The van der Waals surface area contributed by atoms with Gasteiger partial charge in [-0.3, -0.25) is 14.9 Å². The lowest BCUT2D eigenvalue weighted by atomic mass is 9.75. The Labute approximate surface area is 117 Å². The van der Waals surface area contributed by atoms with Gasteiger partial charge in [0.25, 0.3) is 5.69 Å². The van der Waals surface area contributed by atoms with Gasteiger partial charge in [-0.25, -0.2) is 0 Å². The minimum atomic E-state index is -0.496. The lowest BCUT2D eigenvalue weighted by Crippen LogP contribution is -2.42. The van der Waals surface area contributed by atoms with Crippen molar-refractivity contribution in [3.8, 4) is 0 Å². The third-order valence-corrected chi connectivity index (χ3v) is 4.09. The summed E-state index contributed by atoms with van der Waals surface area (Å²) in [5, 5.41) is 16.9. The molecule has 1 aliphatic heterocycles. The van der Waals surface area contributed by atoms with Gasteiger partial charge in [-0.15, -0.1) is 0 Å². The van der Waals surface area contributed by atoms with E-state index in [9.17, 15) is 14.9 Å². The molecule has 1 amide bonds. The maximum atomic E-state index is 12.6. The van der Waals surface area contributed by atoms with Gasteiger partial charge in [0.1, 0.15) is 5.69 Å². The van der Waals surface area contributed by atoms with Crippen LogP contribution in [-0.2, 0) is 4.79 Å². The first kappa shape index (κ1) is 14.5. The van der Waals surface area contributed by atoms with E-state index in [0.717, 1.165) is 13.0 Å². The van der Waals surface area contributed by atoms with Crippen LogP contribution in [-0.4, -0.2) is 23.9 Å². The second-order valence-corrected chi connectivity index (χ2v) is 5.47. The SMILES string of the molecule is CC(C)C1(C(=O)Nc2ccccc2[N+](=O)[O-])CCNC1. The molecule has 1 aliphatic rings. The molecule has 0 saturated carbocycles. The average molecular weight is 277 g/mol. The van der Waals surface area contributed by atoms with Crippen LogP contribution in [0.15, 0.2) is 24.3 Å². The Morgan fingerprint density at radius 2 is 2.15 bits per heavy atom. The number of benzene rings is 1. The van der Waals surface area contributed by atoms with Crippen LogP contribution in [0.1, 0.15) is 20.3 Å². The molecule has 0 radical (unpaired) electrons. The monoisotopic (exact) mass is 277 g/mol. The molecule has 2 N–H and O–H groups in total. The average Bonchev–Trinajstić information content (AvgIpc) is 2.89. The standard InChI is InChI=1S/C14H19N3O3/c1-10(2)14(7-8-15-9-14)13(18)16-11-5-3-4-6-12(11)17(19)20/h3-6,10,15H,7-9H2,1-2H3,(H,16,18). The predicted octanol–water partition coefficient (Wildman–Crippen LogP) is 2.17. The number of carbonyl (C=O) groups excluding carboxylic acids is 1. The molecular weight excluding hydrogens is 258 g/mol. The van der Waals surface area contributed by atoms with Gasteiger partial charge in [-0.05, 0) is 24.9 Å². The lowest BCUT2D eigenvalue weighted by Gasteiger charge is -2.30. The molecule has 0 spiro atoms. The van der Waals surface area contributed by atoms with E-state index in [1.165, 1.54) is 6.07 Å². The first-order valence-corrected chi connectivity index (χ1v) is 6.73. The number of carbonyl (C=O) groups is 1. The summed E-state index contributed by atoms with van der Waals surface area (Å²) in [5.74, 6) is 0.0204. The van der Waals surface area contributed by atoms with Gasteiger partial charge in [0.15, 0.2) is 0 Å². The zero-order chi connectivity index (χ0) is 14.8. The van der Waals surface area contributed by atoms with Crippen molar-refractivity contribution in [1.82, 2.24) is 5.32 Å². The van der Waals surface area contributed by atoms with Gasteiger partial charge < -0.3 is 10.6 Å². The van der Waals surface area contributed by atoms with Crippen molar-refractivity contribution < 1.29 is 9.72 Å². The topological polar surface area (TPSA) is 84.3 Å². The molecule has 0 aliphatic carbocycles. The van der Waals surface area contributed by atoms with E-state index in [0.29, 0.717) is 6.54 Å². The molecule has 1 aromatic rings. The number of nitro benzene ring substituents is 1. The van der Waals surface area contributed by atoms with Crippen LogP contribution in [0.3, 0.4) is 0 Å². The third-order valence-electron chi connectivity index (χ3n) is 4.09. The molecule has 6 nitrogen and oxygen atoms in total. The highest BCUT2D eigenvalue weighted by atomic mass is 16.6. The molecule has 2 rings (SSSR count). The largest absolute Gasteiger partial charge is 0.320 e. The highest BCUT2D eigenvalue weighted by molar-refractivity contribution is 5.97. The number of nitrogens with one attached hydrogen (secondary N) is 2. The molecule has 1 heterocycles. The molecule has 6 heteroatoms. The third kappa shape index (κ3) is 2.51. The molecule has 1 fully saturated rings. The predicted molar refractivity (Wildman–Crippen MR) is 76.5 cm³/mol. The molecule has 0 bridgehead atoms. The zero-order valence-electron chi connectivity index (χ0n) is 11.7. The van der Waals surface area contributed by atoms with E-state index in [4.69, 9.17) is 0 Å². The number of nitrogens with zero attached hydrogens (tertiary/aromatic N) is 1. The number of rotatable bonds is 4. The van der Waals surface area contributed by atoms with Gasteiger partial charge in [-0.2, -0.15) is 0 Å². The van der Waals surface area contributed by atoms with Crippen molar-refractivity contribution in [3.63, 3.8) is 0 Å². The van der Waals surface area contributed by atoms with E-state index in [1.807, 2.05) is 13.8 Å². The maximum Gasteiger partial charge on any atom is 0.292 e. The highest BCUT2D eigenvalue weighted by Crippen LogP contribution is 2.36. The van der Waals surface area contributed by atoms with E-state index in [1.54, 1.807) is 18.2 Å². The van der Waals surface area contributed by atoms with Crippen LogP contribution < -0.4 is 10.6 Å². The van der Waals surface area contributed by atoms with Gasteiger partial charge >= 0.3 is 0 Å². The number of nitro groups is 1. The van der Waals surface area contributed by atoms with E-state index >= 15 is 0 Å². The summed E-state index contributed by atoms with van der Waals surface area (Å²) in [5.41, 5.74) is -0.316.